The lowest BCUT2D eigenvalue weighted by molar-refractivity contribution is -0.124. The zero-order valence-corrected chi connectivity index (χ0v) is 17.4. The third kappa shape index (κ3) is 3.28. The Bertz CT molecular complexity index is 1020. The van der Waals surface area contributed by atoms with Gasteiger partial charge in [0.25, 0.3) is 0 Å². The maximum Gasteiger partial charge on any atom is 0.224 e. The molecule has 4 fully saturated rings. The van der Waals surface area contributed by atoms with Crippen LogP contribution < -0.4 is 5.32 Å². The molecule has 1 N–H and O–H groups in total. The van der Waals surface area contributed by atoms with E-state index in [1.807, 2.05) is 30.3 Å². The zero-order valence-electron chi connectivity index (χ0n) is 16.6. The quantitative estimate of drug-likeness (QED) is 0.540. The van der Waals surface area contributed by atoms with Crippen molar-refractivity contribution < 1.29 is 4.79 Å². The number of para-hydroxylation sites is 1. The molecule has 0 saturated heterocycles. The van der Waals surface area contributed by atoms with Crippen molar-refractivity contribution in [1.29, 1.82) is 0 Å². The highest BCUT2D eigenvalue weighted by Gasteiger charge is 2.51. The van der Waals surface area contributed by atoms with Crippen LogP contribution >= 0.6 is 11.3 Å². The first-order valence-corrected chi connectivity index (χ1v) is 11.7. The van der Waals surface area contributed by atoms with Crippen LogP contribution in [-0.4, -0.2) is 10.9 Å². The Balaban J connectivity index is 1.19. The number of hydrogen-bond acceptors (Lipinski definition) is 3. The third-order valence-electron chi connectivity index (χ3n) is 7.39. The summed E-state index contributed by atoms with van der Waals surface area (Å²) in [5.41, 5.74) is 3.27. The van der Waals surface area contributed by atoms with E-state index in [0.717, 1.165) is 39.5 Å². The van der Waals surface area contributed by atoms with E-state index >= 15 is 0 Å². The van der Waals surface area contributed by atoms with Gasteiger partial charge in [0.2, 0.25) is 5.91 Å². The molecule has 2 aromatic carbocycles. The predicted molar refractivity (Wildman–Crippen MR) is 119 cm³/mol. The highest BCUT2D eigenvalue weighted by Crippen LogP contribution is 2.61. The number of aromatic nitrogens is 1. The molecule has 0 aliphatic heterocycles. The van der Waals surface area contributed by atoms with E-state index in [2.05, 4.69) is 23.5 Å². The van der Waals surface area contributed by atoms with Gasteiger partial charge in [-0.2, -0.15) is 0 Å². The fraction of sp³-hybridized carbons (Fsp3) is 0.440. The summed E-state index contributed by atoms with van der Waals surface area (Å²) in [4.78, 5) is 17.7. The molecule has 4 aliphatic rings. The van der Waals surface area contributed by atoms with Crippen LogP contribution in [0, 0.1) is 23.2 Å². The van der Waals surface area contributed by atoms with Crippen LogP contribution in [0.5, 0.6) is 0 Å². The fourth-order valence-electron chi connectivity index (χ4n) is 6.78. The van der Waals surface area contributed by atoms with Gasteiger partial charge in [-0.3, -0.25) is 4.79 Å². The summed E-state index contributed by atoms with van der Waals surface area (Å²) in [7, 11) is 0. The van der Waals surface area contributed by atoms with Crippen molar-refractivity contribution in [3.63, 3.8) is 0 Å². The van der Waals surface area contributed by atoms with Gasteiger partial charge in [0.15, 0.2) is 0 Å². The van der Waals surface area contributed by atoms with E-state index in [4.69, 9.17) is 4.98 Å². The summed E-state index contributed by atoms with van der Waals surface area (Å²) in [6, 6.07) is 16.4. The summed E-state index contributed by atoms with van der Waals surface area (Å²) < 4.78 is 1.19. The molecule has 0 radical (unpaired) electrons. The normalized spacial score (nSPS) is 30.0. The molecular weight excluding hydrogens is 376 g/mol. The van der Waals surface area contributed by atoms with Gasteiger partial charge in [0, 0.05) is 17.7 Å². The average Bonchev–Trinajstić information content (AvgIpc) is 3.11. The highest BCUT2D eigenvalue weighted by molar-refractivity contribution is 7.21. The summed E-state index contributed by atoms with van der Waals surface area (Å²) in [6.45, 7) is 0. The van der Waals surface area contributed by atoms with Crippen LogP contribution in [0.15, 0.2) is 48.5 Å². The van der Waals surface area contributed by atoms with Crippen LogP contribution in [0.25, 0.3) is 20.8 Å². The van der Waals surface area contributed by atoms with Gasteiger partial charge in [0.05, 0.1) is 10.2 Å². The second-order valence-corrected chi connectivity index (χ2v) is 10.7. The average molecular weight is 403 g/mol. The minimum absolute atomic E-state index is 0.188. The van der Waals surface area contributed by atoms with Gasteiger partial charge in [-0.25, -0.2) is 4.98 Å². The van der Waals surface area contributed by atoms with Crippen molar-refractivity contribution in [2.75, 3.05) is 5.32 Å². The van der Waals surface area contributed by atoms with E-state index in [1.165, 1.54) is 43.2 Å². The monoisotopic (exact) mass is 402 g/mol. The topological polar surface area (TPSA) is 42.0 Å². The minimum Gasteiger partial charge on any atom is -0.326 e. The number of thiazole rings is 1. The Morgan fingerprint density at radius 2 is 1.72 bits per heavy atom. The summed E-state index contributed by atoms with van der Waals surface area (Å²) in [5.74, 6) is 2.85. The van der Waals surface area contributed by atoms with Crippen molar-refractivity contribution in [3.8, 4) is 10.6 Å². The number of rotatable bonds is 4. The molecule has 1 amide bonds. The van der Waals surface area contributed by atoms with E-state index < -0.39 is 0 Å². The van der Waals surface area contributed by atoms with E-state index in [9.17, 15) is 4.79 Å². The molecule has 3 aromatic rings. The largest absolute Gasteiger partial charge is 0.326 e. The van der Waals surface area contributed by atoms with Gasteiger partial charge in [-0.1, -0.05) is 24.3 Å². The van der Waals surface area contributed by atoms with Gasteiger partial charge in [-0.15, -0.1) is 11.3 Å². The van der Waals surface area contributed by atoms with E-state index in [-0.39, 0.29) is 11.3 Å². The molecule has 3 nitrogen and oxygen atoms in total. The molecule has 4 aliphatic carbocycles. The molecule has 7 rings (SSSR count). The van der Waals surface area contributed by atoms with Crippen molar-refractivity contribution in [2.24, 2.45) is 23.2 Å². The maximum absolute atomic E-state index is 13.0. The zero-order chi connectivity index (χ0) is 19.4. The molecule has 0 atom stereocenters. The van der Waals surface area contributed by atoms with Crippen molar-refractivity contribution in [3.05, 3.63) is 48.5 Å². The standard InChI is InChI=1S/C25H26N2OS/c28-23(15-25-12-16-8-17(13-25)10-18(9-16)14-25)26-20-5-3-4-19(11-20)24-27-21-6-1-2-7-22(21)29-24/h1-7,11,16-18H,8-10,12-15H2,(H,26,28). The van der Waals surface area contributed by atoms with Crippen molar-refractivity contribution in [1.82, 2.24) is 4.98 Å². The molecule has 4 bridgehead atoms. The number of hydrogen-bond donors (Lipinski definition) is 1. The smallest absolute Gasteiger partial charge is 0.224 e. The lowest BCUT2D eigenvalue weighted by Crippen LogP contribution is -2.47. The van der Waals surface area contributed by atoms with Crippen molar-refractivity contribution >= 4 is 33.1 Å². The fourth-order valence-corrected chi connectivity index (χ4v) is 7.74. The Morgan fingerprint density at radius 1 is 1.00 bits per heavy atom. The van der Waals surface area contributed by atoms with E-state index in [1.54, 1.807) is 11.3 Å². The van der Waals surface area contributed by atoms with Crippen LogP contribution in [0.4, 0.5) is 5.69 Å². The molecular formula is C25H26N2OS. The molecule has 29 heavy (non-hydrogen) atoms. The number of carbonyl (C=O) groups excluding carboxylic acids is 1. The van der Waals surface area contributed by atoms with Gasteiger partial charge < -0.3 is 5.32 Å². The number of fused-ring (bicyclic) bond motifs is 1. The Labute approximate surface area is 175 Å². The predicted octanol–water partition coefficient (Wildman–Crippen LogP) is 6.51. The minimum atomic E-state index is 0.188. The molecule has 4 saturated carbocycles. The highest BCUT2D eigenvalue weighted by atomic mass is 32.1. The Morgan fingerprint density at radius 3 is 2.45 bits per heavy atom. The van der Waals surface area contributed by atoms with Crippen LogP contribution in [0.2, 0.25) is 0 Å². The van der Waals surface area contributed by atoms with Gasteiger partial charge in [0.1, 0.15) is 5.01 Å². The Hall–Kier alpha value is -2.20. The summed E-state index contributed by atoms with van der Waals surface area (Å²) >= 11 is 1.70. The molecule has 1 heterocycles. The van der Waals surface area contributed by atoms with Crippen LogP contribution in [0.1, 0.15) is 44.9 Å². The van der Waals surface area contributed by atoms with Crippen LogP contribution in [0.3, 0.4) is 0 Å². The first-order chi connectivity index (χ1) is 14.1. The number of nitrogens with one attached hydrogen (secondary N) is 1. The van der Waals surface area contributed by atoms with Crippen molar-refractivity contribution in [2.45, 2.75) is 44.9 Å². The Kier molecular flexibility index (Phi) is 4.05. The van der Waals surface area contributed by atoms with Crippen LogP contribution in [-0.2, 0) is 4.79 Å². The lowest BCUT2D eigenvalue weighted by atomic mass is 9.49. The summed E-state index contributed by atoms with van der Waals surface area (Å²) in [5, 5.41) is 4.20. The SMILES string of the molecule is O=C(CC12CC3CC(CC(C3)C1)C2)Nc1cccc(-c2nc3ccccc3s2)c1. The molecule has 0 spiro atoms. The number of nitrogens with zero attached hydrogens (tertiary/aromatic N) is 1. The lowest BCUT2D eigenvalue weighted by Gasteiger charge is -2.56. The number of anilines is 1. The first-order valence-electron chi connectivity index (χ1n) is 10.9. The second-order valence-electron chi connectivity index (χ2n) is 9.71. The number of carbonyl (C=O) groups is 1. The van der Waals surface area contributed by atoms with E-state index in [0.29, 0.717) is 6.42 Å². The first kappa shape index (κ1) is 17.6. The number of benzene rings is 2. The maximum atomic E-state index is 13.0. The molecule has 148 valence electrons. The summed E-state index contributed by atoms with van der Waals surface area (Å²) in [6.07, 6.45) is 8.79. The van der Waals surface area contributed by atoms with Gasteiger partial charge in [-0.05, 0) is 86.0 Å². The number of amides is 1. The molecule has 4 heteroatoms. The molecule has 1 aromatic heterocycles. The second kappa shape index (κ2) is 6.66. The third-order valence-corrected chi connectivity index (χ3v) is 8.47. The van der Waals surface area contributed by atoms with Gasteiger partial charge >= 0.3 is 0 Å². The molecule has 0 unspecified atom stereocenters.